The Labute approximate surface area is 104 Å². The standard InChI is InChI=1S/C13H12F2O2S/c14-12-9-6-7-10(8-9)13(12,15)18(16,17)11-4-2-1-3-5-11/h1-7,9-10,12H,8H2/t9-,10+,12-,13+/m0/s1. The van der Waals surface area contributed by atoms with E-state index in [0.717, 1.165) is 0 Å². The van der Waals surface area contributed by atoms with Crippen LogP contribution >= 0.6 is 0 Å². The highest BCUT2D eigenvalue weighted by Crippen LogP contribution is 2.54. The van der Waals surface area contributed by atoms with Crippen LogP contribution in [0.3, 0.4) is 0 Å². The van der Waals surface area contributed by atoms with E-state index in [-0.39, 0.29) is 11.3 Å². The normalized spacial score (nSPS) is 38.2. The van der Waals surface area contributed by atoms with Crippen LogP contribution in [-0.2, 0) is 9.84 Å². The molecule has 0 heterocycles. The Balaban J connectivity index is 2.13. The molecular formula is C13H12F2O2S. The minimum absolute atomic E-state index is 0.156. The van der Waals surface area contributed by atoms with Gasteiger partial charge >= 0.3 is 0 Å². The lowest BCUT2D eigenvalue weighted by atomic mass is 10.0. The second kappa shape index (κ2) is 3.63. The van der Waals surface area contributed by atoms with Crippen LogP contribution in [-0.4, -0.2) is 19.6 Å². The number of fused-ring (bicyclic) bond motifs is 2. The Morgan fingerprint density at radius 3 is 2.39 bits per heavy atom. The number of hydrogen-bond acceptors (Lipinski definition) is 2. The van der Waals surface area contributed by atoms with Crippen molar-refractivity contribution in [3.05, 3.63) is 42.5 Å². The van der Waals surface area contributed by atoms with Gasteiger partial charge in [-0.25, -0.2) is 17.2 Å². The van der Waals surface area contributed by atoms with Gasteiger partial charge in [0.25, 0.3) is 5.00 Å². The van der Waals surface area contributed by atoms with E-state index in [1.807, 2.05) is 0 Å². The summed E-state index contributed by atoms with van der Waals surface area (Å²) >= 11 is 0. The molecule has 0 N–H and O–H groups in total. The first-order chi connectivity index (χ1) is 8.48. The smallest absolute Gasteiger partial charge is 0.242 e. The predicted octanol–water partition coefficient (Wildman–Crippen LogP) is 2.67. The monoisotopic (exact) mass is 270 g/mol. The summed E-state index contributed by atoms with van der Waals surface area (Å²) in [6, 6.07) is 7.26. The van der Waals surface area contributed by atoms with Gasteiger partial charge in [-0.15, -0.1) is 0 Å². The van der Waals surface area contributed by atoms with Crippen molar-refractivity contribution < 1.29 is 17.2 Å². The van der Waals surface area contributed by atoms with Crippen LogP contribution in [0, 0.1) is 11.8 Å². The Morgan fingerprint density at radius 1 is 1.17 bits per heavy atom. The molecule has 0 amide bonds. The highest BCUT2D eigenvalue weighted by Gasteiger charge is 2.65. The topological polar surface area (TPSA) is 34.1 Å². The van der Waals surface area contributed by atoms with Gasteiger partial charge in [-0.05, 0) is 18.6 Å². The van der Waals surface area contributed by atoms with Gasteiger partial charge in [0, 0.05) is 11.8 Å². The zero-order valence-corrected chi connectivity index (χ0v) is 10.3. The van der Waals surface area contributed by atoms with Crippen LogP contribution in [0.4, 0.5) is 8.78 Å². The maximum Gasteiger partial charge on any atom is 0.252 e. The number of alkyl halides is 2. The van der Waals surface area contributed by atoms with Crippen molar-refractivity contribution in [1.29, 1.82) is 0 Å². The zero-order chi connectivity index (χ0) is 13.0. The third-order valence-electron chi connectivity index (χ3n) is 3.84. The van der Waals surface area contributed by atoms with Gasteiger partial charge in [-0.3, -0.25) is 0 Å². The number of allylic oxidation sites excluding steroid dienone is 2. The van der Waals surface area contributed by atoms with E-state index in [4.69, 9.17) is 0 Å². The summed E-state index contributed by atoms with van der Waals surface area (Å²) in [6.45, 7) is 0. The minimum Gasteiger partial charge on any atom is -0.242 e. The van der Waals surface area contributed by atoms with E-state index in [9.17, 15) is 17.2 Å². The average Bonchev–Trinajstić information content (AvgIpc) is 2.94. The SMILES string of the molecule is O=S(=O)(c1ccccc1)[C@]1(F)[C@@H]2C=C[C@@H](C2)[C@@H]1F. The van der Waals surface area contributed by atoms with Crippen LogP contribution in [0.15, 0.2) is 47.4 Å². The molecule has 1 saturated carbocycles. The number of benzene rings is 1. The molecule has 4 atom stereocenters. The summed E-state index contributed by atoms with van der Waals surface area (Å²) in [5.74, 6) is -1.49. The first-order valence-corrected chi connectivity index (χ1v) is 7.27. The molecular weight excluding hydrogens is 258 g/mol. The highest BCUT2D eigenvalue weighted by molar-refractivity contribution is 7.92. The van der Waals surface area contributed by atoms with Crippen LogP contribution in [0.2, 0.25) is 0 Å². The van der Waals surface area contributed by atoms with Gasteiger partial charge < -0.3 is 0 Å². The number of rotatable bonds is 2. The molecule has 0 spiro atoms. The molecule has 96 valence electrons. The molecule has 5 heteroatoms. The minimum atomic E-state index is -4.31. The van der Waals surface area contributed by atoms with E-state index >= 15 is 0 Å². The molecule has 0 aliphatic heterocycles. The molecule has 2 aliphatic carbocycles. The second-order valence-electron chi connectivity index (χ2n) is 4.81. The maximum absolute atomic E-state index is 14.9. The predicted molar refractivity (Wildman–Crippen MR) is 63.1 cm³/mol. The third kappa shape index (κ3) is 1.28. The van der Waals surface area contributed by atoms with Gasteiger partial charge in [-0.1, -0.05) is 30.4 Å². The summed E-state index contributed by atoms with van der Waals surface area (Å²) < 4.78 is 53.5. The summed E-state index contributed by atoms with van der Waals surface area (Å²) in [5, 5.41) is -2.81. The Kier molecular flexibility index (Phi) is 2.39. The highest BCUT2D eigenvalue weighted by atomic mass is 32.2. The van der Waals surface area contributed by atoms with Gasteiger partial charge in [-0.2, -0.15) is 0 Å². The second-order valence-corrected chi connectivity index (χ2v) is 6.91. The number of hydrogen-bond donors (Lipinski definition) is 0. The van der Waals surface area contributed by atoms with Crippen LogP contribution in [0.25, 0.3) is 0 Å². The van der Waals surface area contributed by atoms with Crippen LogP contribution in [0.5, 0.6) is 0 Å². The van der Waals surface area contributed by atoms with E-state index in [0.29, 0.717) is 0 Å². The van der Waals surface area contributed by atoms with E-state index < -0.39 is 32.8 Å². The number of sulfone groups is 1. The quantitative estimate of drug-likeness (QED) is 0.774. The lowest BCUT2D eigenvalue weighted by Crippen LogP contribution is -2.46. The summed E-state index contributed by atoms with van der Waals surface area (Å²) in [6.07, 6.45) is 1.33. The van der Waals surface area contributed by atoms with Gasteiger partial charge in [0.05, 0.1) is 4.90 Å². The van der Waals surface area contributed by atoms with E-state index in [2.05, 4.69) is 0 Å². The zero-order valence-electron chi connectivity index (χ0n) is 9.46. The molecule has 1 aromatic carbocycles. The third-order valence-corrected chi connectivity index (χ3v) is 6.08. The summed E-state index contributed by atoms with van der Waals surface area (Å²) in [5.41, 5.74) is 0. The molecule has 1 aromatic rings. The van der Waals surface area contributed by atoms with Crippen molar-refractivity contribution >= 4 is 9.84 Å². The molecule has 3 rings (SSSR count). The molecule has 18 heavy (non-hydrogen) atoms. The lowest BCUT2D eigenvalue weighted by Gasteiger charge is -2.29. The fourth-order valence-electron chi connectivity index (χ4n) is 2.86. The Hall–Kier alpha value is -1.23. The van der Waals surface area contributed by atoms with Gasteiger partial charge in [0.15, 0.2) is 6.17 Å². The molecule has 2 aliphatic rings. The van der Waals surface area contributed by atoms with E-state index in [1.54, 1.807) is 12.1 Å². The van der Waals surface area contributed by atoms with Crippen molar-refractivity contribution in [3.63, 3.8) is 0 Å². The van der Waals surface area contributed by atoms with E-state index in [1.165, 1.54) is 30.3 Å². The van der Waals surface area contributed by atoms with Crippen molar-refractivity contribution in [3.8, 4) is 0 Å². The summed E-state index contributed by atoms with van der Waals surface area (Å²) in [4.78, 5) is -0.156. The Morgan fingerprint density at radius 2 is 1.83 bits per heavy atom. The average molecular weight is 270 g/mol. The molecule has 2 nitrogen and oxygen atoms in total. The van der Waals surface area contributed by atoms with Crippen molar-refractivity contribution in [2.24, 2.45) is 11.8 Å². The van der Waals surface area contributed by atoms with Crippen molar-refractivity contribution in [1.82, 2.24) is 0 Å². The van der Waals surface area contributed by atoms with Crippen LogP contribution < -0.4 is 0 Å². The maximum atomic E-state index is 14.9. The molecule has 0 aromatic heterocycles. The Bertz CT molecular complexity index is 597. The first kappa shape index (κ1) is 11.8. The summed E-state index contributed by atoms with van der Waals surface area (Å²) in [7, 11) is -4.31. The molecule has 0 saturated heterocycles. The van der Waals surface area contributed by atoms with Gasteiger partial charge in [0.2, 0.25) is 9.84 Å². The van der Waals surface area contributed by atoms with Crippen LogP contribution in [0.1, 0.15) is 6.42 Å². The first-order valence-electron chi connectivity index (χ1n) is 5.79. The fourth-order valence-corrected chi connectivity index (χ4v) is 4.78. The lowest BCUT2D eigenvalue weighted by molar-refractivity contribution is 0.114. The molecule has 2 bridgehead atoms. The van der Waals surface area contributed by atoms with Gasteiger partial charge in [0.1, 0.15) is 0 Å². The van der Waals surface area contributed by atoms with Crippen molar-refractivity contribution in [2.75, 3.05) is 0 Å². The number of halogens is 2. The molecule has 0 radical (unpaired) electrons. The fraction of sp³-hybridized carbons (Fsp3) is 0.385. The molecule has 0 unspecified atom stereocenters. The largest absolute Gasteiger partial charge is 0.252 e. The molecule has 1 fully saturated rings. The van der Waals surface area contributed by atoms with Crippen molar-refractivity contribution in [2.45, 2.75) is 22.5 Å².